The summed E-state index contributed by atoms with van der Waals surface area (Å²) in [5.41, 5.74) is 5.56. The van der Waals surface area contributed by atoms with Crippen LogP contribution in [0, 0.1) is 0 Å². The zero-order chi connectivity index (χ0) is 11.3. The monoisotopic (exact) mass is 227 g/mol. The summed E-state index contributed by atoms with van der Waals surface area (Å²) in [6.45, 7) is 2.45. The molecule has 0 spiro atoms. The minimum absolute atomic E-state index is 0.0402. The smallest absolute Gasteiger partial charge is 0.118 e. The number of nitrogens with two attached hydrogens (primary N) is 1. The summed E-state index contributed by atoms with van der Waals surface area (Å²) in [7, 11) is 0.600. The number of hydrogen-bond acceptors (Lipinski definition) is 3. The second-order valence-electron chi connectivity index (χ2n) is 3.24. The maximum Gasteiger partial charge on any atom is 0.118 e. The van der Waals surface area contributed by atoms with Crippen molar-refractivity contribution in [2.75, 3.05) is 13.7 Å². The SMILES string of the molecule is CCC(CN)S(=O)c1ccc(OC)cc1. The van der Waals surface area contributed by atoms with Crippen LogP contribution in [0.25, 0.3) is 0 Å². The molecule has 0 aliphatic rings. The molecule has 2 atom stereocenters. The third-order valence-corrected chi connectivity index (χ3v) is 4.18. The number of rotatable bonds is 5. The van der Waals surface area contributed by atoms with Crippen molar-refractivity contribution >= 4 is 10.8 Å². The van der Waals surface area contributed by atoms with E-state index in [1.165, 1.54) is 0 Å². The molecule has 0 saturated carbocycles. The van der Waals surface area contributed by atoms with Gasteiger partial charge in [0.1, 0.15) is 5.75 Å². The van der Waals surface area contributed by atoms with Gasteiger partial charge in [0.2, 0.25) is 0 Å². The molecule has 84 valence electrons. The fourth-order valence-corrected chi connectivity index (χ4v) is 2.57. The summed E-state index contributed by atoms with van der Waals surface area (Å²) in [6, 6.07) is 7.29. The van der Waals surface area contributed by atoms with Crippen molar-refractivity contribution < 1.29 is 8.95 Å². The first-order chi connectivity index (χ1) is 7.22. The summed E-state index contributed by atoms with van der Waals surface area (Å²) in [6.07, 6.45) is 0.829. The first-order valence-corrected chi connectivity index (χ1v) is 6.19. The molecular formula is C11H17NO2S. The number of benzene rings is 1. The van der Waals surface area contributed by atoms with Crippen molar-refractivity contribution in [3.05, 3.63) is 24.3 Å². The quantitative estimate of drug-likeness (QED) is 0.830. The Morgan fingerprint density at radius 1 is 1.40 bits per heavy atom. The van der Waals surface area contributed by atoms with Gasteiger partial charge in [0.05, 0.1) is 23.2 Å². The summed E-state index contributed by atoms with van der Waals surface area (Å²) >= 11 is 0. The van der Waals surface area contributed by atoms with Crippen LogP contribution in [0.5, 0.6) is 5.75 Å². The summed E-state index contributed by atoms with van der Waals surface area (Å²) < 4.78 is 17.0. The van der Waals surface area contributed by atoms with E-state index in [1.807, 2.05) is 31.2 Å². The predicted octanol–water partition coefficient (Wildman–Crippen LogP) is 1.54. The predicted molar refractivity (Wildman–Crippen MR) is 62.5 cm³/mol. The molecule has 1 rings (SSSR count). The van der Waals surface area contributed by atoms with Crippen molar-refractivity contribution in [2.24, 2.45) is 5.73 Å². The summed E-state index contributed by atoms with van der Waals surface area (Å²) in [5, 5.41) is 0.0402. The van der Waals surface area contributed by atoms with Crippen LogP contribution in [0.2, 0.25) is 0 Å². The highest BCUT2D eigenvalue weighted by molar-refractivity contribution is 7.85. The normalized spacial score (nSPS) is 14.6. The van der Waals surface area contributed by atoms with Crippen LogP contribution in [-0.4, -0.2) is 23.1 Å². The van der Waals surface area contributed by atoms with Crippen LogP contribution < -0.4 is 10.5 Å². The molecule has 0 saturated heterocycles. The highest BCUT2D eigenvalue weighted by Gasteiger charge is 2.14. The maximum absolute atomic E-state index is 12.0. The van der Waals surface area contributed by atoms with Crippen molar-refractivity contribution in [1.82, 2.24) is 0 Å². The average molecular weight is 227 g/mol. The Morgan fingerprint density at radius 3 is 2.40 bits per heavy atom. The van der Waals surface area contributed by atoms with Gasteiger partial charge in [-0.2, -0.15) is 0 Å². The summed E-state index contributed by atoms with van der Waals surface area (Å²) in [5.74, 6) is 0.775. The molecule has 0 bridgehead atoms. The van der Waals surface area contributed by atoms with E-state index < -0.39 is 10.8 Å². The van der Waals surface area contributed by atoms with Crippen LogP contribution in [0.1, 0.15) is 13.3 Å². The van der Waals surface area contributed by atoms with E-state index in [0.717, 1.165) is 17.1 Å². The van der Waals surface area contributed by atoms with Gasteiger partial charge in [0.15, 0.2) is 0 Å². The Kier molecular flexibility index (Phi) is 4.78. The third kappa shape index (κ3) is 3.04. The topological polar surface area (TPSA) is 52.3 Å². The molecule has 0 fully saturated rings. The van der Waals surface area contributed by atoms with E-state index in [1.54, 1.807) is 7.11 Å². The molecule has 0 aliphatic carbocycles. The second-order valence-corrected chi connectivity index (χ2v) is 4.97. The molecule has 15 heavy (non-hydrogen) atoms. The Morgan fingerprint density at radius 2 is 2.00 bits per heavy atom. The van der Waals surface area contributed by atoms with Gasteiger partial charge in [-0.3, -0.25) is 4.21 Å². The fraction of sp³-hybridized carbons (Fsp3) is 0.455. The summed E-state index contributed by atoms with van der Waals surface area (Å²) in [4.78, 5) is 0.813. The molecule has 0 radical (unpaired) electrons. The lowest BCUT2D eigenvalue weighted by molar-refractivity contribution is 0.414. The molecule has 0 amide bonds. The van der Waals surface area contributed by atoms with Gasteiger partial charge in [-0.25, -0.2) is 0 Å². The highest BCUT2D eigenvalue weighted by Crippen LogP contribution is 2.17. The van der Waals surface area contributed by atoms with E-state index in [2.05, 4.69) is 0 Å². The van der Waals surface area contributed by atoms with Gasteiger partial charge in [0.25, 0.3) is 0 Å². The van der Waals surface area contributed by atoms with Crippen molar-refractivity contribution in [1.29, 1.82) is 0 Å². The molecular weight excluding hydrogens is 210 g/mol. The van der Waals surface area contributed by atoms with Crippen molar-refractivity contribution in [3.63, 3.8) is 0 Å². The third-order valence-electron chi connectivity index (χ3n) is 2.31. The van der Waals surface area contributed by atoms with Gasteiger partial charge in [0, 0.05) is 11.4 Å². The zero-order valence-electron chi connectivity index (χ0n) is 9.10. The fourth-order valence-electron chi connectivity index (χ4n) is 1.31. The molecule has 2 unspecified atom stereocenters. The Labute approximate surface area is 93.1 Å². The lowest BCUT2D eigenvalue weighted by Crippen LogP contribution is -2.24. The molecule has 1 aromatic carbocycles. The number of hydrogen-bond donors (Lipinski definition) is 1. The van der Waals surface area contributed by atoms with Crippen molar-refractivity contribution in [2.45, 2.75) is 23.5 Å². The van der Waals surface area contributed by atoms with E-state index in [4.69, 9.17) is 10.5 Å². The lowest BCUT2D eigenvalue weighted by Gasteiger charge is -2.12. The van der Waals surface area contributed by atoms with E-state index >= 15 is 0 Å². The minimum Gasteiger partial charge on any atom is -0.497 e. The van der Waals surface area contributed by atoms with E-state index in [9.17, 15) is 4.21 Å². The van der Waals surface area contributed by atoms with Crippen LogP contribution in [0.4, 0.5) is 0 Å². The van der Waals surface area contributed by atoms with E-state index in [0.29, 0.717) is 6.54 Å². The molecule has 1 aromatic rings. The van der Waals surface area contributed by atoms with Crippen molar-refractivity contribution in [3.8, 4) is 5.75 Å². The molecule has 2 N–H and O–H groups in total. The van der Waals surface area contributed by atoms with E-state index in [-0.39, 0.29) is 5.25 Å². The van der Waals surface area contributed by atoms with Gasteiger partial charge in [-0.15, -0.1) is 0 Å². The zero-order valence-corrected chi connectivity index (χ0v) is 9.92. The standard InChI is InChI=1S/C11H17NO2S/c1-3-10(8-12)15(13)11-6-4-9(14-2)5-7-11/h4-7,10H,3,8,12H2,1-2H3. The molecule has 4 heteroatoms. The van der Waals surface area contributed by atoms with Gasteiger partial charge >= 0.3 is 0 Å². The molecule has 0 heterocycles. The van der Waals surface area contributed by atoms with Gasteiger partial charge in [-0.05, 0) is 30.7 Å². The largest absolute Gasteiger partial charge is 0.497 e. The first kappa shape index (κ1) is 12.2. The lowest BCUT2D eigenvalue weighted by atomic mass is 10.3. The first-order valence-electron chi connectivity index (χ1n) is 4.97. The highest BCUT2D eigenvalue weighted by atomic mass is 32.2. The Bertz CT molecular complexity index is 320. The van der Waals surface area contributed by atoms with Crippen LogP contribution in [0.15, 0.2) is 29.2 Å². The maximum atomic E-state index is 12.0. The number of ether oxygens (including phenoxy) is 1. The van der Waals surface area contributed by atoms with Gasteiger partial charge in [-0.1, -0.05) is 6.92 Å². The number of methoxy groups -OCH3 is 1. The molecule has 3 nitrogen and oxygen atoms in total. The Hall–Kier alpha value is -0.870. The van der Waals surface area contributed by atoms with Crippen LogP contribution in [0.3, 0.4) is 0 Å². The average Bonchev–Trinajstić information content (AvgIpc) is 2.30. The van der Waals surface area contributed by atoms with Crippen LogP contribution in [-0.2, 0) is 10.8 Å². The molecule has 0 aliphatic heterocycles. The minimum atomic E-state index is -1.01. The molecule has 0 aromatic heterocycles. The van der Waals surface area contributed by atoms with Crippen LogP contribution >= 0.6 is 0 Å². The Balaban J connectivity index is 2.82. The second kappa shape index (κ2) is 5.88. The van der Waals surface area contributed by atoms with Gasteiger partial charge < -0.3 is 10.5 Å².